The Bertz CT molecular complexity index is 611. The predicted molar refractivity (Wildman–Crippen MR) is 79.7 cm³/mol. The maximum Gasteiger partial charge on any atom is 0.308 e. The van der Waals surface area contributed by atoms with E-state index in [-0.39, 0.29) is 18.4 Å². The summed E-state index contributed by atoms with van der Waals surface area (Å²) < 4.78 is 0. The molecule has 0 spiro atoms. The number of aliphatic carboxylic acids is 1. The largest absolute Gasteiger partial charge is 0.481 e. The normalized spacial score (nSPS) is 21.5. The zero-order valence-electron chi connectivity index (χ0n) is 12.2. The molecule has 2 aliphatic heterocycles. The summed E-state index contributed by atoms with van der Waals surface area (Å²) in [6.45, 7) is 1.46. The molecule has 0 bridgehead atoms. The Labute approximate surface area is 128 Å². The summed E-state index contributed by atoms with van der Waals surface area (Å²) in [5, 5.41) is 8.99. The molecule has 2 heterocycles. The third kappa shape index (κ3) is 2.68. The fourth-order valence-electron chi connectivity index (χ4n) is 3.03. The van der Waals surface area contributed by atoms with Crippen LogP contribution in [0.1, 0.15) is 29.6 Å². The van der Waals surface area contributed by atoms with Crippen LogP contribution in [0.4, 0.5) is 5.69 Å². The van der Waals surface area contributed by atoms with E-state index in [2.05, 4.69) is 0 Å². The van der Waals surface area contributed by atoms with E-state index in [1.807, 2.05) is 0 Å². The Morgan fingerprint density at radius 1 is 1.14 bits per heavy atom. The van der Waals surface area contributed by atoms with E-state index < -0.39 is 11.9 Å². The standard InChI is InChI=1S/C16H18N2O4/c19-14-2-1-8-18(14)13-5-3-11(4-6-13)15(20)17-9-7-12(10-17)16(21)22/h3-6,12H,1-2,7-10H2,(H,21,22)/t12-/m0/s1. The van der Waals surface area contributed by atoms with Gasteiger partial charge in [0.1, 0.15) is 0 Å². The molecule has 0 saturated carbocycles. The van der Waals surface area contributed by atoms with Crippen LogP contribution in [-0.4, -0.2) is 47.4 Å². The molecule has 2 aliphatic rings. The van der Waals surface area contributed by atoms with Crippen molar-refractivity contribution in [2.75, 3.05) is 24.5 Å². The summed E-state index contributed by atoms with van der Waals surface area (Å²) in [4.78, 5) is 38.3. The van der Waals surface area contributed by atoms with Crippen molar-refractivity contribution < 1.29 is 19.5 Å². The number of anilines is 1. The van der Waals surface area contributed by atoms with E-state index in [4.69, 9.17) is 5.11 Å². The minimum absolute atomic E-state index is 0.114. The number of likely N-dealkylation sites (tertiary alicyclic amines) is 1. The molecule has 3 rings (SSSR count). The Morgan fingerprint density at radius 2 is 1.86 bits per heavy atom. The van der Waals surface area contributed by atoms with Crippen LogP contribution in [0.3, 0.4) is 0 Å². The van der Waals surface area contributed by atoms with Crippen molar-refractivity contribution in [2.45, 2.75) is 19.3 Å². The molecule has 1 aromatic carbocycles. The van der Waals surface area contributed by atoms with E-state index in [1.165, 1.54) is 0 Å². The van der Waals surface area contributed by atoms with Crippen LogP contribution >= 0.6 is 0 Å². The summed E-state index contributed by atoms with van der Waals surface area (Å²) in [5.74, 6) is -1.35. The molecule has 0 aliphatic carbocycles. The minimum Gasteiger partial charge on any atom is -0.481 e. The lowest BCUT2D eigenvalue weighted by atomic mass is 10.1. The van der Waals surface area contributed by atoms with Gasteiger partial charge in [-0.05, 0) is 37.1 Å². The van der Waals surface area contributed by atoms with Crippen LogP contribution in [0.15, 0.2) is 24.3 Å². The average molecular weight is 302 g/mol. The molecule has 22 heavy (non-hydrogen) atoms. The Morgan fingerprint density at radius 3 is 2.41 bits per heavy atom. The number of hydrogen-bond acceptors (Lipinski definition) is 3. The van der Waals surface area contributed by atoms with Crippen molar-refractivity contribution in [1.82, 2.24) is 4.90 Å². The number of rotatable bonds is 3. The number of carboxylic acid groups (broad SMARTS) is 1. The van der Waals surface area contributed by atoms with Gasteiger partial charge in [-0.15, -0.1) is 0 Å². The zero-order valence-corrected chi connectivity index (χ0v) is 12.2. The monoisotopic (exact) mass is 302 g/mol. The van der Waals surface area contributed by atoms with Crippen LogP contribution < -0.4 is 4.90 Å². The van der Waals surface area contributed by atoms with Crippen LogP contribution in [-0.2, 0) is 9.59 Å². The Kier molecular flexibility index (Phi) is 3.83. The fraction of sp³-hybridized carbons (Fsp3) is 0.438. The first-order chi connectivity index (χ1) is 10.6. The average Bonchev–Trinajstić information content (AvgIpc) is 3.15. The van der Waals surface area contributed by atoms with Gasteiger partial charge in [0.25, 0.3) is 5.91 Å². The summed E-state index contributed by atoms with van der Waals surface area (Å²) in [5.41, 5.74) is 1.34. The van der Waals surface area contributed by atoms with Gasteiger partial charge in [-0.3, -0.25) is 14.4 Å². The lowest BCUT2D eigenvalue weighted by molar-refractivity contribution is -0.141. The van der Waals surface area contributed by atoms with Gasteiger partial charge in [-0.2, -0.15) is 0 Å². The molecule has 1 aromatic rings. The van der Waals surface area contributed by atoms with Crippen LogP contribution in [0.2, 0.25) is 0 Å². The number of benzene rings is 1. The van der Waals surface area contributed by atoms with Crippen molar-refractivity contribution in [2.24, 2.45) is 5.92 Å². The molecular formula is C16H18N2O4. The van der Waals surface area contributed by atoms with E-state index in [0.717, 1.165) is 18.7 Å². The summed E-state index contributed by atoms with van der Waals surface area (Å²) in [7, 11) is 0. The molecule has 1 N–H and O–H groups in total. The second-order valence-corrected chi connectivity index (χ2v) is 5.77. The van der Waals surface area contributed by atoms with E-state index in [1.54, 1.807) is 34.1 Å². The first kappa shape index (κ1) is 14.6. The molecule has 2 saturated heterocycles. The number of hydrogen-bond donors (Lipinski definition) is 1. The number of carboxylic acids is 1. The SMILES string of the molecule is O=C(O)[C@H]1CCN(C(=O)c2ccc(N3CCCC3=O)cc2)C1. The van der Waals surface area contributed by atoms with Gasteiger partial charge in [0, 0.05) is 37.3 Å². The fourth-order valence-corrected chi connectivity index (χ4v) is 3.03. The quantitative estimate of drug-likeness (QED) is 0.914. The van der Waals surface area contributed by atoms with Gasteiger partial charge in [0.05, 0.1) is 5.92 Å². The highest BCUT2D eigenvalue weighted by atomic mass is 16.4. The maximum atomic E-state index is 12.4. The van der Waals surface area contributed by atoms with Crippen LogP contribution in [0.5, 0.6) is 0 Å². The van der Waals surface area contributed by atoms with Gasteiger partial charge in [0.2, 0.25) is 5.91 Å². The third-order valence-electron chi connectivity index (χ3n) is 4.32. The smallest absolute Gasteiger partial charge is 0.308 e. The topological polar surface area (TPSA) is 77.9 Å². The van der Waals surface area contributed by atoms with Gasteiger partial charge in [-0.1, -0.05) is 0 Å². The number of nitrogens with zero attached hydrogens (tertiary/aromatic N) is 2. The second-order valence-electron chi connectivity index (χ2n) is 5.77. The van der Waals surface area contributed by atoms with Crippen molar-refractivity contribution in [1.29, 1.82) is 0 Å². The van der Waals surface area contributed by atoms with Gasteiger partial charge >= 0.3 is 5.97 Å². The summed E-state index contributed by atoms with van der Waals surface area (Å²) >= 11 is 0. The highest BCUT2D eigenvalue weighted by Crippen LogP contribution is 2.23. The van der Waals surface area contributed by atoms with Crippen molar-refractivity contribution in [3.8, 4) is 0 Å². The van der Waals surface area contributed by atoms with E-state index >= 15 is 0 Å². The Hall–Kier alpha value is -2.37. The molecule has 0 unspecified atom stereocenters. The highest BCUT2D eigenvalue weighted by molar-refractivity contribution is 5.97. The molecule has 2 fully saturated rings. The first-order valence-corrected chi connectivity index (χ1v) is 7.49. The van der Waals surface area contributed by atoms with Crippen LogP contribution in [0, 0.1) is 5.92 Å². The molecular weight excluding hydrogens is 284 g/mol. The second kappa shape index (κ2) is 5.79. The number of amides is 2. The molecule has 1 atom stereocenters. The predicted octanol–water partition coefficient (Wildman–Crippen LogP) is 1.36. The minimum atomic E-state index is -0.849. The Balaban J connectivity index is 1.69. The highest BCUT2D eigenvalue weighted by Gasteiger charge is 2.31. The lowest BCUT2D eigenvalue weighted by Gasteiger charge is -2.18. The van der Waals surface area contributed by atoms with Crippen molar-refractivity contribution >= 4 is 23.5 Å². The number of carbonyl (C=O) groups is 3. The first-order valence-electron chi connectivity index (χ1n) is 7.49. The molecule has 2 amide bonds. The maximum absolute atomic E-state index is 12.4. The molecule has 0 aromatic heterocycles. The third-order valence-corrected chi connectivity index (χ3v) is 4.32. The van der Waals surface area contributed by atoms with E-state index in [0.29, 0.717) is 24.9 Å². The van der Waals surface area contributed by atoms with Crippen molar-refractivity contribution in [3.05, 3.63) is 29.8 Å². The molecule has 6 heteroatoms. The van der Waals surface area contributed by atoms with Gasteiger partial charge in [-0.25, -0.2) is 0 Å². The molecule has 116 valence electrons. The number of carbonyl (C=O) groups excluding carboxylic acids is 2. The van der Waals surface area contributed by atoms with Gasteiger partial charge < -0.3 is 14.9 Å². The van der Waals surface area contributed by atoms with Gasteiger partial charge in [0.15, 0.2) is 0 Å². The van der Waals surface area contributed by atoms with Crippen molar-refractivity contribution in [3.63, 3.8) is 0 Å². The van der Waals surface area contributed by atoms with E-state index in [9.17, 15) is 14.4 Å². The molecule has 0 radical (unpaired) electrons. The summed E-state index contributed by atoms with van der Waals surface area (Å²) in [6.07, 6.45) is 1.94. The van der Waals surface area contributed by atoms with Crippen LogP contribution in [0.25, 0.3) is 0 Å². The zero-order chi connectivity index (χ0) is 15.7. The summed E-state index contributed by atoms with van der Waals surface area (Å²) in [6, 6.07) is 6.97. The lowest BCUT2D eigenvalue weighted by Crippen LogP contribution is -2.30. The molecule has 6 nitrogen and oxygen atoms in total.